The van der Waals surface area contributed by atoms with Gasteiger partial charge in [0, 0.05) is 65.2 Å². The summed E-state index contributed by atoms with van der Waals surface area (Å²) in [6.07, 6.45) is 1.82. The molecule has 0 saturated carbocycles. The van der Waals surface area contributed by atoms with Crippen LogP contribution in [-0.4, -0.2) is 97.4 Å². The molecule has 0 bridgehead atoms. The van der Waals surface area contributed by atoms with Gasteiger partial charge in [-0.2, -0.15) is 0 Å². The fraction of sp³-hybridized carbons (Fsp3) is 0.875. The van der Waals surface area contributed by atoms with E-state index in [1.165, 1.54) is 0 Å². The van der Waals surface area contributed by atoms with E-state index >= 15 is 0 Å². The lowest BCUT2D eigenvalue weighted by Crippen LogP contribution is -2.43. The predicted molar refractivity (Wildman–Crippen MR) is 92.4 cm³/mol. The topological polar surface area (TPSA) is 105 Å². The molecule has 1 rings (SSSR count). The second-order valence-electron chi connectivity index (χ2n) is 6.18. The summed E-state index contributed by atoms with van der Waals surface area (Å²) in [5.74, 6) is -1.47. The van der Waals surface area contributed by atoms with Crippen LogP contribution in [0.2, 0.25) is 0 Å². The zero-order chi connectivity index (χ0) is 17.6. The van der Waals surface area contributed by atoms with Crippen LogP contribution in [-0.2, 0) is 9.59 Å². The number of aliphatic carboxylic acids is 2. The Kier molecular flexibility index (Phi) is 11.4. The smallest absolute Gasteiger partial charge is 0.303 e. The SMILES string of the molecule is O=C(O)CCCN1CCNCCN(CCCC(=O)O)CCNCC1. The molecule has 0 amide bonds. The highest BCUT2D eigenvalue weighted by Crippen LogP contribution is 1.97. The molecule has 1 aliphatic rings. The standard InChI is InChI=1S/C16H32N4O4/c21-15(22)3-1-9-19-11-5-17-7-13-20(10-2-4-16(23)24)14-8-18-6-12-19/h17-18H,1-14H2,(H,21,22)(H,23,24). The molecule has 0 aromatic carbocycles. The van der Waals surface area contributed by atoms with Gasteiger partial charge in [0.2, 0.25) is 0 Å². The first-order valence-corrected chi connectivity index (χ1v) is 8.87. The molecule has 0 aliphatic carbocycles. The number of hydrogen-bond donors (Lipinski definition) is 4. The van der Waals surface area contributed by atoms with E-state index in [0.29, 0.717) is 12.8 Å². The lowest BCUT2D eigenvalue weighted by Gasteiger charge is -2.26. The number of nitrogens with one attached hydrogen (secondary N) is 2. The second-order valence-corrected chi connectivity index (χ2v) is 6.18. The highest BCUT2D eigenvalue weighted by atomic mass is 16.4. The van der Waals surface area contributed by atoms with Gasteiger partial charge in [0.15, 0.2) is 0 Å². The third kappa shape index (κ3) is 11.3. The van der Waals surface area contributed by atoms with Gasteiger partial charge in [0.05, 0.1) is 0 Å². The molecule has 0 spiro atoms. The molecule has 24 heavy (non-hydrogen) atoms. The first-order chi connectivity index (χ1) is 11.6. The predicted octanol–water partition coefficient (Wildman–Crippen LogP) is -0.487. The lowest BCUT2D eigenvalue weighted by atomic mass is 10.2. The van der Waals surface area contributed by atoms with Crippen LogP contribution in [0, 0.1) is 0 Å². The highest BCUT2D eigenvalue weighted by Gasteiger charge is 2.09. The van der Waals surface area contributed by atoms with E-state index in [0.717, 1.165) is 65.4 Å². The third-order valence-electron chi connectivity index (χ3n) is 4.15. The molecule has 0 aromatic rings. The summed E-state index contributed by atoms with van der Waals surface area (Å²) in [7, 11) is 0. The maximum atomic E-state index is 10.6. The summed E-state index contributed by atoms with van der Waals surface area (Å²) in [5, 5.41) is 24.3. The summed E-state index contributed by atoms with van der Waals surface area (Å²) < 4.78 is 0. The maximum absolute atomic E-state index is 10.6. The van der Waals surface area contributed by atoms with Crippen molar-refractivity contribution in [3.05, 3.63) is 0 Å². The van der Waals surface area contributed by atoms with Gasteiger partial charge in [-0.05, 0) is 25.9 Å². The normalized spacial score (nSPS) is 19.3. The summed E-state index contributed by atoms with van der Waals surface area (Å²) >= 11 is 0. The number of hydrogen-bond acceptors (Lipinski definition) is 6. The van der Waals surface area contributed by atoms with Gasteiger partial charge in [0.1, 0.15) is 0 Å². The van der Waals surface area contributed by atoms with E-state index in [1.54, 1.807) is 0 Å². The molecule has 0 aromatic heterocycles. The summed E-state index contributed by atoms with van der Waals surface area (Å²) in [6, 6.07) is 0. The number of carboxylic acid groups (broad SMARTS) is 2. The van der Waals surface area contributed by atoms with Crippen LogP contribution < -0.4 is 10.6 Å². The monoisotopic (exact) mass is 344 g/mol. The van der Waals surface area contributed by atoms with E-state index in [4.69, 9.17) is 10.2 Å². The minimum atomic E-state index is -0.733. The van der Waals surface area contributed by atoms with Crippen molar-refractivity contribution in [1.29, 1.82) is 0 Å². The van der Waals surface area contributed by atoms with Gasteiger partial charge in [-0.1, -0.05) is 0 Å². The Labute approximate surface area is 144 Å². The van der Waals surface area contributed by atoms with E-state index < -0.39 is 11.9 Å². The minimum absolute atomic E-state index is 0.225. The molecular formula is C16H32N4O4. The zero-order valence-electron chi connectivity index (χ0n) is 14.5. The number of rotatable bonds is 8. The molecule has 0 atom stereocenters. The largest absolute Gasteiger partial charge is 0.481 e. The van der Waals surface area contributed by atoms with E-state index in [2.05, 4.69) is 20.4 Å². The Morgan fingerprint density at radius 2 is 1.04 bits per heavy atom. The maximum Gasteiger partial charge on any atom is 0.303 e. The van der Waals surface area contributed by atoms with Crippen molar-refractivity contribution in [2.45, 2.75) is 25.7 Å². The van der Waals surface area contributed by atoms with Crippen LogP contribution >= 0.6 is 0 Å². The Morgan fingerprint density at radius 1 is 0.708 bits per heavy atom. The highest BCUT2D eigenvalue weighted by molar-refractivity contribution is 5.66. The summed E-state index contributed by atoms with van der Waals surface area (Å²) in [4.78, 5) is 25.8. The van der Waals surface area contributed by atoms with Gasteiger partial charge in [-0.25, -0.2) is 0 Å². The van der Waals surface area contributed by atoms with Crippen LogP contribution in [0.1, 0.15) is 25.7 Å². The molecule has 1 fully saturated rings. The van der Waals surface area contributed by atoms with Crippen molar-refractivity contribution in [1.82, 2.24) is 20.4 Å². The summed E-state index contributed by atoms with van der Waals surface area (Å²) in [6.45, 7) is 8.84. The van der Waals surface area contributed by atoms with Crippen LogP contribution in [0.15, 0.2) is 0 Å². The molecular weight excluding hydrogens is 312 g/mol. The quantitative estimate of drug-likeness (QED) is 0.468. The van der Waals surface area contributed by atoms with E-state index in [1.807, 2.05) is 0 Å². The van der Waals surface area contributed by atoms with Crippen molar-refractivity contribution in [3.63, 3.8) is 0 Å². The second kappa shape index (κ2) is 13.1. The molecule has 1 aliphatic heterocycles. The first kappa shape index (κ1) is 20.8. The summed E-state index contributed by atoms with van der Waals surface area (Å²) in [5.41, 5.74) is 0. The average molecular weight is 344 g/mol. The first-order valence-electron chi connectivity index (χ1n) is 8.87. The van der Waals surface area contributed by atoms with E-state index in [-0.39, 0.29) is 12.8 Å². The van der Waals surface area contributed by atoms with E-state index in [9.17, 15) is 9.59 Å². The average Bonchev–Trinajstić information content (AvgIpc) is 2.50. The lowest BCUT2D eigenvalue weighted by molar-refractivity contribution is -0.138. The van der Waals surface area contributed by atoms with Crippen LogP contribution in [0.4, 0.5) is 0 Å². The molecule has 4 N–H and O–H groups in total. The van der Waals surface area contributed by atoms with Crippen molar-refractivity contribution >= 4 is 11.9 Å². The van der Waals surface area contributed by atoms with Crippen LogP contribution in [0.25, 0.3) is 0 Å². The number of nitrogens with zero attached hydrogens (tertiary/aromatic N) is 2. The Hall–Kier alpha value is -1.22. The third-order valence-corrected chi connectivity index (χ3v) is 4.15. The van der Waals surface area contributed by atoms with Crippen molar-refractivity contribution < 1.29 is 19.8 Å². The minimum Gasteiger partial charge on any atom is -0.481 e. The number of carbonyl (C=O) groups is 2. The molecule has 140 valence electrons. The fourth-order valence-electron chi connectivity index (χ4n) is 2.78. The van der Waals surface area contributed by atoms with Crippen molar-refractivity contribution in [2.75, 3.05) is 65.4 Å². The van der Waals surface area contributed by atoms with Gasteiger partial charge < -0.3 is 30.6 Å². The zero-order valence-corrected chi connectivity index (χ0v) is 14.5. The molecule has 1 heterocycles. The Balaban J connectivity index is 2.27. The van der Waals surface area contributed by atoms with Gasteiger partial charge in [0.25, 0.3) is 0 Å². The van der Waals surface area contributed by atoms with Crippen LogP contribution in [0.5, 0.6) is 0 Å². The van der Waals surface area contributed by atoms with Gasteiger partial charge in [-0.3, -0.25) is 9.59 Å². The fourth-order valence-corrected chi connectivity index (χ4v) is 2.78. The Bertz CT molecular complexity index is 322. The molecule has 8 heteroatoms. The molecule has 0 unspecified atom stereocenters. The molecule has 0 radical (unpaired) electrons. The van der Waals surface area contributed by atoms with Gasteiger partial charge >= 0.3 is 11.9 Å². The Morgan fingerprint density at radius 3 is 1.33 bits per heavy atom. The molecule has 1 saturated heterocycles. The van der Waals surface area contributed by atoms with Crippen LogP contribution in [0.3, 0.4) is 0 Å². The molecule has 8 nitrogen and oxygen atoms in total. The number of carboxylic acids is 2. The van der Waals surface area contributed by atoms with Gasteiger partial charge in [-0.15, -0.1) is 0 Å². The van der Waals surface area contributed by atoms with Crippen molar-refractivity contribution in [3.8, 4) is 0 Å². The van der Waals surface area contributed by atoms with Crippen molar-refractivity contribution in [2.24, 2.45) is 0 Å².